The fourth-order valence-corrected chi connectivity index (χ4v) is 3.65. The van der Waals surface area contributed by atoms with Crippen molar-refractivity contribution in [3.63, 3.8) is 0 Å². The Balaban J connectivity index is 1.64. The molecule has 29 heavy (non-hydrogen) atoms. The van der Waals surface area contributed by atoms with E-state index in [1.807, 2.05) is 6.92 Å². The summed E-state index contributed by atoms with van der Waals surface area (Å²) in [5.41, 5.74) is -0.0769. The number of amides is 2. The van der Waals surface area contributed by atoms with E-state index in [1.54, 1.807) is 5.38 Å². The van der Waals surface area contributed by atoms with Crippen molar-refractivity contribution in [1.29, 1.82) is 0 Å². The number of halogens is 3. The zero-order valence-electron chi connectivity index (χ0n) is 15.0. The fourth-order valence-electron chi connectivity index (χ4n) is 3.12. The van der Waals surface area contributed by atoms with Crippen molar-refractivity contribution in [1.82, 2.24) is 14.8 Å². The number of nitrogens with zero attached hydrogens (tertiary/aromatic N) is 4. The highest BCUT2D eigenvalue weighted by molar-refractivity contribution is 7.11. The number of benzene rings is 1. The van der Waals surface area contributed by atoms with Crippen molar-refractivity contribution in [3.05, 3.63) is 58.3 Å². The van der Waals surface area contributed by atoms with Gasteiger partial charge in [-0.15, -0.1) is 11.3 Å². The molecule has 1 N–H and O–H groups in total. The number of fused-ring (bicyclic) bond motifs is 1. The maximum absolute atomic E-state index is 13.1. The van der Waals surface area contributed by atoms with Crippen molar-refractivity contribution >= 4 is 34.5 Å². The zero-order chi connectivity index (χ0) is 20.8. The van der Waals surface area contributed by atoms with Gasteiger partial charge in [-0.3, -0.25) is 14.3 Å². The quantitative estimate of drug-likeness (QED) is 0.697. The average Bonchev–Trinajstić information content (AvgIpc) is 3.34. The van der Waals surface area contributed by atoms with Gasteiger partial charge in [0, 0.05) is 23.8 Å². The van der Waals surface area contributed by atoms with Gasteiger partial charge in [0.25, 0.3) is 11.8 Å². The lowest BCUT2D eigenvalue weighted by Crippen LogP contribution is -2.43. The zero-order valence-corrected chi connectivity index (χ0v) is 15.8. The Morgan fingerprint density at radius 3 is 2.62 bits per heavy atom. The third kappa shape index (κ3) is 3.48. The van der Waals surface area contributed by atoms with E-state index in [9.17, 15) is 22.8 Å². The number of carbonyl (C=O) groups excluding carboxylic acids is 2. The van der Waals surface area contributed by atoms with Gasteiger partial charge in [-0.1, -0.05) is 0 Å². The molecule has 3 aromatic rings. The minimum absolute atomic E-state index is 0.161. The number of hydrogen-bond donors (Lipinski definition) is 1. The van der Waals surface area contributed by atoms with Gasteiger partial charge in [-0.2, -0.15) is 18.3 Å². The molecule has 150 valence electrons. The molecule has 1 atom stereocenters. The topological polar surface area (TPSA) is 80.1 Å². The lowest BCUT2D eigenvalue weighted by molar-refractivity contribution is -0.137. The molecular formula is C18H14F3N5O2S. The van der Waals surface area contributed by atoms with Gasteiger partial charge >= 0.3 is 6.18 Å². The molecule has 2 aromatic heterocycles. The van der Waals surface area contributed by atoms with Crippen LogP contribution < -0.4 is 10.2 Å². The van der Waals surface area contributed by atoms with Gasteiger partial charge in [0.15, 0.2) is 10.7 Å². The normalized spacial score (nSPS) is 16.6. The highest BCUT2D eigenvalue weighted by Crippen LogP contribution is 2.33. The third-order valence-corrected chi connectivity index (χ3v) is 5.26. The first kappa shape index (κ1) is 19.1. The summed E-state index contributed by atoms with van der Waals surface area (Å²) < 4.78 is 39.9. The summed E-state index contributed by atoms with van der Waals surface area (Å²) >= 11 is 1.15. The molecule has 2 amide bonds. The molecule has 7 nitrogen and oxygen atoms in total. The summed E-state index contributed by atoms with van der Waals surface area (Å²) in [6.07, 6.45) is -1.58. The summed E-state index contributed by atoms with van der Waals surface area (Å²) in [7, 11) is 0. The van der Waals surface area contributed by atoms with Crippen LogP contribution in [-0.2, 0) is 6.18 Å². The van der Waals surface area contributed by atoms with Crippen LogP contribution in [0.3, 0.4) is 0 Å². The number of alkyl halides is 3. The average molecular weight is 421 g/mol. The van der Waals surface area contributed by atoms with Gasteiger partial charge in [0.05, 0.1) is 23.5 Å². The number of thiazole rings is 1. The minimum Gasteiger partial charge on any atom is -0.317 e. The summed E-state index contributed by atoms with van der Waals surface area (Å²) in [6, 6.07) is 4.14. The van der Waals surface area contributed by atoms with Gasteiger partial charge in [-0.05, 0) is 31.2 Å². The summed E-state index contributed by atoms with van der Waals surface area (Å²) in [5.74, 6) is -0.933. The summed E-state index contributed by atoms with van der Waals surface area (Å²) in [5, 5.41) is 8.71. The van der Waals surface area contributed by atoms with Crippen molar-refractivity contribution < 1.29 is 22.8 Å². The van der Waals surface area contributed by atoms with Crippen LogP contribution in [0.15, 0.2) is 42.0 Å². The fraction of sp³-hybridized carbons (Fsp3) is 0.222. The molecule has 0 fully saturated rings. The van der Waals surface area contributed by atoms with Gasteiger partial charge < -0.3 is 10.2 Å². The van der Waals surface area contributed by atoms with Crippen molar-refractivity contribution in [3.8, 4) is 0 Å². The van der Waals surface area contributed by atoms with E-state index in [2.05, 4.69) is 15.4 Å². The number of aromatic nitrogens is 3. The monoisotopic (exact) mass is 421 g/mol. The van der Waals surface area contributed by atoms with Gasteiger partial charge in [0.1, 0.15) is 0 Å². The van der Waals surface area contributed by atoms with Crippen LogP contribution in [0, 0.1) is 0 Å². The maximum atomic E-state index is 13.1. The number of rotatable bonds is 3. The Morgan fingerprint density at radius 1 is 1.28 bits per heavy atom. The standard InChI is InChI=1S/C18H14F3N5O2S/c1-10-9-25(12-4-2-11(3-5-12)18(19,20)21)17(28)14-13(8-23-26(10)14)24-15(27)16-22-6-7-29-16/h2-8,10H,9H2,1H3,(H,24,27)/t10-/m0/s1. The molecule has 1 aliphatic heterocycles. The summed E-state index contributed by atoms with van der Waals surface area (Å²) in [4.78, 5) is 30.7. The van der Waals surface area contributed by atoms with Crippen LogP contribution in [0.1, 0.15) is 38.8 Å². The lowest BCUT2D eigenvalue weighted by atomic mass is 10.1. The molecular weight excluding hydrogens is 407 g/mol. The predicted octanol–water partition coefficient (Wildman–Crippen LogP) is 3.83. The molecule has 0 saturated carbocycles. The number of nitrogens with one attached hydrogen (secondary N) is 1. The van der Waals surface area contributed by atoms with Crippen LogP contribution in [0.2, 0.25) is 0 Å². The molecule has 11 heteroatoms. The second-order valence-electron chi connectivity index (χ2n) is 6.45. The largest absolute Gasteiger partial charge is 0.416 e. The first-order valence-electron chi connectivity index (χ1n) is 8.53. The predicted molar refractivity (Wildman–Crippen MR) is 100 cm³/mol. The van der Waals surface area contributed by atoms with Crippen molar-refractivity contribution in [2.75, 3.05) is 16.8 Å². The Bertz CT molecular complexity index is 1060. The second-order valence-corrected chi connectivity index (χ2v) is 7.35. The molecule has 3 heterocycles. The number of carbonyl (C=O) groups is 2. The van der Waals surface area contributed by atoms with E-state index < -0.39 is 23.6 Å². The first-order chi connectivity index (χ1) is 13.8. The van der Waals surface area contributed by atoms with E-state index >= 15 is 0 Å². The highest BCUT2D eigenvalue weighted by atomic mass is 32.1. The number of anilines is 2. The Morgan fingerprint density at radius 2 is 2.00 bits per heavy atom. The highest BCUT2D eigenvalue weighted by Gasteiger charge is 2.35. The third-order valence-electron chi connectivity index (χ3n) is 4.49. The maximum Gasteiger partial charge on any atom is 0.416 e. The van der Waals surface area contributed by atoms with E-state index in [0.29, 0.717) is 5.69 Å². The first-order valence-corrected chi connectivity index (χ1v) is 9.41. The SMILES string of the molecule is C[C@H]1CN(c2ccc(C(F)(F)F)cc2)C(=O)c2c(NC(=O)c3nccs3)cnn21. The minimum atomic E-state index is -4.45. The number of hydrogen-bond acceptors (Lipinski definition) is 5. The van der Waals surface area contributed by atoms with Crippen molar-refractivity contribution in [2.45, 2.75) is 19.1 Å². The van der Waals surface area contributed by atoms with Crippen LogP contribution in [0.5, 0.6) is 0 Å². The van der Waals surface area contributed by atoms with E-state index in [1.165, 1.54) is 34.1 Å². The molecule has 0 unspecified atom stereocenters. The molecule has 0 spiro atoms. The molecule has 0 radical (unpaired) electrons. The van der Waals surface area contributed by atoms with Gasteiger partial charge in [0.2, 0.25) is 0 Å². The Hall–Kier alpha value is -3.21. The van der Waals surface area contributed by atoms with Crippen LogP contribution >= 0.6 is 11.3 Å². The molecule has 1 aliphatic rings. The second kappa shape index (κ2) is 6.99. The molecule has 0 bridgehead atoms. The lowest BCUT2D eigenvalue weighted by Gasteiger charge is -2.32. The van der Waals surface area contributed by atoms with Crippen molar-refractivity contribution in [2.24, 2.45) is 0 Å². The molecule has 0 aliphatic carbocycles. The van der Waals surface area contributed by atoms with Gasteiger partial charge in [-0.25, -0.2) is 4.98 Å². The van der Waals surface area contributed by atoms with Crippen LogP contribution in [0.25, 0.3) is 0 Å². The van der Waals surface area contributed by atoms with E-state index in [0.717, 1.165) is 23.5 Å². The smallest absolute Gasteiger partial charge is 0.317 e. The van der Waals surface area contributed by atoms with Crippen LogP contribution in [0.4, 0.5) is 24.5 Å². The molecule has 1 aromatic carbocycles. The Labute approximate surface area is 166 Å². The molecule has 4 rings (SSSR count). The van der Waals surface area contributed by atoms with E-state index in [4.69, 9.17) is 0 Å². The van der Waals surface area contributed by atoms with Crippen LogP contribution in [-0.4, -0.2) is 33.1 Å². The van der Waals surface area contributed by atoms with E-state index in [-0.39, 0.29) is 29.0 Å². The molecule has 0 saturated heterocycles. The summed E-state index contributed by atoms with van der Waals surface area (Å²) in [6.45, 7) is 2.06. The Kier molecular flexibility index (Phi) is 4.61.